The van der Waals surface area contributed by atoms with Crippen LogP contribution in [0.1, 0.15) is 33.6 Å². The zero-order valence-corrected chi connectivity index (χ0v) is 11.8. The van der Waals surface area contributed by atoms with E-state index in [1.165, 1.54) is 0 Å². The molecule has 19 heavy (non-hydrogen) atoms. The van der Waals surface area contributed by atoms with Crippen molar-refractivity contribution >= 4 is 11.8 Å². The van der Waals surface area contributed by atoms with Gasteiger partial charge >= 0.3 is 0 Å². The molecule has 0 radical (unpaired) electrons. The number of primary amides is 1. The minimum Gasteiger partial charge on any atom is -0.374 e. The van der Waals surface area contributed by atoms with Crippen molar-refractivity contribution in [3.63, 3.8) is 0 Å². The molecule has 4 rings (SSSR count). The van der Waals surface area contributed by atoms with E-state index in [-0.39, 0.29) is 35.9 Å². The normalized spacial score (nSPS) is 48.2. The Hall–Kier alpha value is -1.10. The monoisotopic (exact) mass is 266 g/mol. The topological polar surface area (TPSA) is 72.6 Å². The first-order valence-electron chi connectivity index (χ1n) is 7.13. The van der Waals surface area contributed by atoms with E-state index in [1.54, 1.807) is 4.90 Å². The second kappa shape index (κ2) is 3.95. The first-order chi connectivity index (χ1) is 8.86. The molecule has 4 fully saturated rings. The summed E-state index contributed by atoms with van der Waals surface area (Å²) in [5.74, 6) is 0.211. The van der Waals surface area contributed by atoms with E-state index in [2.05, 4.69) is 0 Å². The van der Waals surface area contributed by atoms with E-state index < -0.39 is 5.54 Å². The van der Waals surface area contributed by atoms with Crippen LogP contribution in [0.3, 0.4) is 0 Å². The Balaban J connectivity index is 1.83. The lowest BCUT2D eigenvalue weighted by molar-refractivity contribution is -0.148. The van der Waals surface area contributed by atoms with Gasteiger partial charge in [0, 0.05) is 6.54 Å². The smallest absolute Gasteiger partial charge is 0.243 e. The van der Waals surface area contributed by atoms with Gasteiger partial charge in [-0.3, -0.25) is 9.59 Å². The molecular formula is C14H22N2O3. The van der Waals surface area contributed by atoms with E-state index in [0.717, 1.165) is 12.8 Å². The van der Waals surface area contributed by atoms with Crippen LogP contribution in [-0.2, 0) is 14.3 Å². The van der Waals surface area contributed by atoms with Gasteiger partial charge in [-0.25, -0.2) is 0 Å². The second-order valence-corrected chi connectivity index (χ2v) is 6.55. The lowest BCUT2D eigenvalue weighted by atomic mass is 9.72. The van der Waals surface area contributed by atoms with Gasteiger partial charge in [0.2, 0.25) is 11.8 Å². The minimum atomic E-state index is -0.687. The fourth-order valence-corrected chi connectivity index (χ4v) is 4.19. The molecule has 3 aliphatic heterocycles. The van der Waals surface area contributed by atoms with Crippen LogP contribution in [0.15, 0.2) is 0 Å². The number of rotatable bonds is 2. The molecule has 1 aliphatic carbocycles. The lowest BCUT2D eigenvalue weighted by Gasteiger charge is -2.40. The molecule has 4 aliphatic rings. The molecule has 4 atom stereocenters. The number of carbonyl (C=O) groups is 2. The number of nitrogens with two attached hydrogens (primary N) is 1. The number of carbonyl (C=O) groups excluding carboxylic acids is 2. The van der Waals surface area contributed by atoms with E-state index in [9.17, 15) is 9.59 Å². The summed E-state index contributed by atoms with van der Waals surface area (Å²) >= 11 is 0. The van der Waals surface area contributed by atoms with E-state index >= 15 is 0 Å². The van der Waals surface area contributed by atoms with Crippen molar-refractivity contribution in [1.29, 1.82) is 0 Å². The molecule has 4 unspecified atom stereocenters. The van der Waals surface area contributed by atoms with Crippen molar-refractivity contribution in [2.75, 3.05) is 6.54 Å². The number of fused-ring (bicyclic) bond motifs is 1. The third kappa shape index (κ3) is 1.57. The Labute approximate surface area is 113 Å². The molecule has 1 saturated carbocycles. The van der Waals surface area contributed by atoms with E-state index in [0.29, 0.717) is 12.5 Å². The molecule has 0 aromatic heterocycles. The molecule has 2 bridgehead atoms. The summed E-state index contributed by atoms with van der Waals surface area (Å²) in [6.45, 7) is 6.68. The van der Waals surface area contributed by atoms with Crippen molar-refractivity contribution in [2.45, 2.75) is 51.4 Å². The number of ether oxygens (including phenoxy) is 1. The summed E-state index contributed by atoms with van der Waals surface area (Å²) in [4.78, 5) is 26.3. The van der Waals surface area contributed by atoms with Gasteiger partial charge in [-0.05, 0) is 38.5 Å². The van der Waals surface area contributed by atoms with Gasteiger partial charge in [0.15, 0.2) is 0 Å². The van der Waals surface area contributed by atoms with Crippen LogP contribution < -0.4 is 5.73 Å². The molecule has 2 amide bonds. The lowest BCUT2D eigenvalue weighted by Crippen LogP contribution is -2.59. The summed E-state index contributed by atoms with van der Waals surface area (Å²) in [5.41, 5.74) is 4.84. The van der Waals surface area contributed by atoms with Crippen molar-refractivity contribution < 1.29 is 14.3 Å². The van der Waals surface area contributed by atoms with Crippen LogP contribution in [-0.4, -0.2) is 41.0 Å². The van der Waals surface area contributed by atoms with Crippen LogP contribution in [0.4, 0.5) is 0 Å². The largest absolute Gasteiger partial charge is 0.374 e. The Morgan fingerprint density at radius 3 is 2.32 bits per heavy atom. The highest BCUT2D eigenvalue weighted by Crippen LogP contribution is 2.51. The highest BCUT2D eigenvalue weighted by atomic mass is 16.5. The van der Waals surface area contributed by atoms with Crippen LogP contribution in [0.2, 0.25) is 0 Å². The number of hydrogen-bond acceptors (Lipinski definition) is 3. The zero-order chi connectivity index (χ0) is 13.9. The maximum absolute atomic E-state index is 12.8. The molecule has 2 N–H and O–H groups in total. The summed E-state index contributed by atoms with van der Waals surface area (Å²) in [5, 5.41) is 0. The van der Waals surface area contributed by atoms with E-state index in [4.69, 9.17) is 10.5 Å². The van der Waals surface area contributed by atoms with Gasteiger partial charge in [-0.15, -0.1) is 0 Å². The van der Waals surface area contributed by atoms with Gasteiger partial charge < -0.3 is 15.4 Å². The quantitative estimate of drug-likeness (QED) is 0.792. The number of hydrogen-bond donors (Lipinski definition) is 1. The average Bonchev–Trinajstić information content (AvgIpc) is 2.89. The summed E-state index contributed by atoms with van der Waals surface area (Å²) in [7, 11) is 0. The molecule has 0 aromatic carbocycles. The Bertz CT molecular complexity index is 430. The van der Waals surface area contributed by atoms with Crippen LogP contribution in [0.25, 0.3) is 0 Å². The fourth-order valence-electron chi connectivity index (χ4n) is 4.19. The van der Waals surface area contributed by atoms with Gasteiger partial charge in [0.05, 0.1) is 18.1 Å². The number of amides is 2. The molecule has 0 spiro atoms. The van der Waals surface area contributed by atoms with Crippen molar-refractivity contribution in [2.24, 2.45) is 23.5 Å². The van der Waals surface area contributed by atoms with Gasteiger partial charge in [-0.1, -0.05) is 6.92 Å². The molecule has 5 nitrogen and oxygen atoms in total. The standard InChI is InChI=1S/C14H22N2O3/c1-7-8(2)19-9(3)11(7)12(17)16-6-10-4-14(16,5-10)13(15)18/h7-11H,4-6H2,1-3H3,(H2,15,18). The van der Waals surface area contributed by atoms with Gasteiger partial charge in [0.1, 0.15) is 5.54 Å². The zero-order valence-electron chi connectivity index (χ0n) is 11.8. The Morgan fingerprint density at radius 2 is 1.84 bits per heavy atom. The van der Waals surface area contributed by atoms with Crippen LogP contribution >= 0.6 is 0 Å². The fraction of sp³-hybridized carbons (Fsp3) is 0.857. The summed E-state index contributed by atoms with van der Waals surface area (Å²) in [6.07, 6.45) is 1.51. The van der Waals surface area contributed by atoms with Crippen LogP contribution in [0, 0.1) is 17.8 Å². The van der Waals surface area contributed by atoms with Gasteiger partial charge in [0.25, 0.3) is 0 Å². The number of nitrogens with zero attached hydrogens (tertiary/aromatic N) is 1. The molecule has 5 heteroatoms. The molecular weight excluding hydrogens is 244 g/mol. The summed E-state index contributed by atoms with van der Waals surface area (Å²) in [6, 6.07) is 0. The predicted molar refractivity (Wildman–Crippen MR) is 69.0 cm³/mol. The highest BCUT2D eigenvalue weighted by Gasteiger charge is 2.63. The average molecular weight is 266 g/mol. The minimum absolute atomic E-state index is 0.0585. The third-order valence-corrected chi connectivity index (χ3v) is 5.46. The molecule has 106 valence electrons. The molecule has 3 saturated heterocycles. The Morgan fingerprint density at radius 1 is 1.21 bits per heavy atom. The first kappa shape index (κ1) is 12.9. The Kier molecular flexibility index (Phi) is 2.68. The first-order valence-corrected chi connectivity index (χ1v) is 7.13. The third-order valence-electron chi connectivity index (χ3n) is 5.46. The van der Waals surface area contributed by atoms with Crippen molar-refractivity contribution in [3.05, 3.63) is 0 Å². The summed E-state index contributed by atoms with van der Waals surface area (Å²) < 4.78 is 5.75. The van der Waals surface area contributed by atoms with Gasteiger partial charge in [-0.2, -0.15) is 0 Å². The van der Waals surface area contributed by atoms with Crippen LogP contribution in [0.5, 0.6) is 0 Å². The molecule has 3 heterocycles. The van der Waals surface area contributed by atoms with Crippen molar-refractivity contribution in [3.8, 4) is 0 Å². The van der Waals surface area contributed by atoms with Crippen molar-refractivity contribution in [1.82, 2.24) is 4.90 Å². The highest BCUT2D eigenvalue weighted by molar-refractivity contribution is 5.93. The maximum Gasteiger partial charge on any atom is 0.243 e. The second-order valence-electron chi connectivity index (χ2n) is 6.55. The molecule has 0 aromatic rings. The predicted octanol–water partition coefficient (Wildman–Crippen LogP) is 0.522. The van der Waals surface area contributed by atoms with E-state index in [1.807, 2.05) is 20.8 Å². The SMILES string of the molecule is CC1OC(C)C(C(=O)N2CC3CC2(C(N)=O)C3)C1C. The maximum atomic E-state index is 12.8.